The molecule has 3 aromatic carbocycles. The summed E-state index contributed by atoms with van der Waals surface area (Å²) in [5.74, 6) is -1.34. The summed E-state index contributed by atoms with van der Waals surface area (Å²) in [6.45, 7) is 0.580. The van der Waals surface area contributed by atoms with E-state index in [-0.39, 0.29) is 33.9 Å². The van der Waals surface area contributed by atoms with Crippen LogP contribution in [0.1, 0.15) is 58.4 Å². The van der Waals surface area contributed by atoms with Crippen LogP contribution in [0.2, 0.25) is 10.0 Å². The van der Waals surface area contributed by atoms with Crippen molar-refractivity contribution >= 4 is 58.3 Å². The minimum absolute atomic E-state index is 0.0168. The predicted octanol–water partition coefficient (Wildman–Crippen LogP) is 5.99. The number of hydrogen-bond donors (Lipinski definition) is 5. The van der Waals surface area contributed by atoms with E-state index in [4.69, 9.17) is 33.7 Å². The van der Waals surface area contributed by atoms with Crippen molar-refractivity contribution in [3.05, 3.63) is 87.4 Å². The van der Waals surface area contributed by atoms with Crippen molar-refractivity contribution in [2.24, 2.45) is 16.6 Å². The maximum atomic E-state index is 13.1. The van der Waals surface area contributed by atoms with Gasteiger partial charge in [0, 0.05) is 18.7 Å². The third kappa shape index (κ3) is 8.64. The third-order valence-electron chi connectivity index (χ3n) is 7.43. The Balaban J connectivity index is 1.44. The fraction of sp³-hybridized carbons (Fsp3) is 0.312. The molecule has 0 saturated heterocycles. The number of benzene rings is 3. The topological polar surface area (TPSA) is 155 Å². The van der Waals surface area contributed by atoms with Gasteiger partial charge in [0.05, 0.1) is 34.0 Å². The van der Waals surface area contributed by atoms with Crippen LogP contribution in [-0.4, -0.2) is 48.5 Å². The van der Waals surface area contributed by atoms with Crippen molar-refractivity contribution in [1.29, 1.82) is 0 Å². The predicted molar refractivity (Wildman–Crippen MR) is 173 cm³/mol. The number of aliphatic carboxylic acids is 1. The number of guanidine groups is 1. The van der Waals surface area contributed by atoms with E-state index in [1.807, 2.05) is 0 Å². The normalized spacial score (nSPS) is 14.4. The van der Waals surface area contributed by atoms with Crippen molar-refractivity contribution in [2.45, 2.75) is 44.6 Å². The smallest absolute Gasteiger partial charge is 0.328 e. The van der Waals surface area contributed by atoms with Crippen LogP contribution in [0.15, 0.2) is 65.7 Å². The number of hydrogen-bond acceptors (Lipinski definition) is 5. The van der Waals surface area contributed by atoms with Gasteiger partial charge in [0.25, 0.3) is 11.8 Å². The van der Waals surface area contributed by atoms with Gasteiger partial charge in [-0.15, -0.1) is 0 Å². The fourth-order valence-corrected chi connectivity index (χ4v) is 5.68. The Labute approximate surface area is 266 Å². The number of halogens is 2. The number of carboxylic acids is 1. The Morgan fingerprint density at radius 3 is 2.25 bits per heavy atom. The number of nitrogens with one attached hydrogen (secondary N) is 3. The lowest BCUT2D eigenvalue weighted by Crippen LogP contribution is -2.33. The molecule has 4 rings (SSSR count). The fourth-order valence-electron chi connectivity index (χ4n) is 5.12. The molecular formula is C32H35Cl2N5O5. The third-order valence-corrected chi connectivity index (χ3v) is 8.06. The number of carbonyl (C=O) groups is 3. The molecule has 1 fully saturated rings. The summed E-state index contributed by atoms with van der Waals surface area (Å²) >= 11 is 12.2. The van der Waals surface area contributed by atoms with Gasteiger partial charge in [-0.1, -0.05) is 66.7 Å². The number of amides is 2. The summed E-state index contributed by atoms with van der Waals surface area (Å²) in [6, 6.07) is 15.2. The molecule has 3 aromatic rings. The van der Waals surface area contributed by atoms with Crippen LogP contribution in [0, 0.1) is 5.92 Å². The number of para-hydroxylation sites is 1. The molecule has 0 aromatic heterocycles. The molecule has 0 bridgehead atoms. The second kappa shape index (κ2) is 15.4. The standard InChI is InChI=1S/C32H35Cl2N5O5/c1-44-26-12-5-9-22(29(40)36-18-20-7-3-2-4-8-20)28(26)39-32(35)38-25(31(42)43)17-19-13-15-21(16-14-19)37-30(41)27-23(33)10-6-11-24(27)34/h5-6,9-16,20,25H,2-4,7-8,17-18H2,1H3,(H,36,40)(H,37,41)(H,42,43)(H3,35,38,39)/t25-/m0/s1. The lowest BCUT2D eigenvalue weighted by atomic mass is 9.89. The summed E-state index contributed by atoms with van der Waals surface area (Å²) < 4.78 is 5.45. The number of aliphatic imine (C=N–C) groups is 1. The van der Waals surface area contributed by atoms with E-state index in [1.54, 1.807) is 60.7 Å². The minimum Gasteiger partial charge on any atom is -0.495 e. The van der Waals surface area contributed by atoms with Crippen LogP contribution in [0.3, 0.4) is 0 Å². The Bertz CT molecular complexity index is 1500. The molecule has 0 heterocycles. The number of ether oxygens (including phenoxy) is 1. The molecule has 12 heteroatoms. The van der Waals surface area contributed by atoms with Gasteiger partial charge in [0.1, 0.15) is 5.75 Å². The van der Waals surface area contributed by atoms with Crippen LogP contribution in [-0.2, 0) is 11.2 Å². The largest absolute Gasteiger partial charge is 0.495 e. The molecular weight excluding hydrogens is 605 g/mol. The van der Waals surface area contributed by atoms with Gasteiger partial charge in [0.15, 0.2) is 12.0 Å². The zero-order chi connectivity index (χ0) is 31.6. The zero-order valence-corrected chi connectivity index (χ0v) is 25.8. The van der Waals surface area contributed by atoms with Crippen LogP contribution in [0.4, 0.5) is 11.4 Å². The zero-order valence-electron chi connectivity index (χ0n) is 24.2. The first-order valence-corrected chi connectivity index (χ1v) is 15.0. The lowest BCUT2D eigenvalue weighted by molar-refractivity contribution is -0.138. The maximum Gasteiger partial charge on any atom is 0.328 e. The quantitative estimate of drug-likeness (QED) is 0.127. The molecule has 44 heavy (non-hydrogen) atoms. The molecule has 1 aliphatic carbocycles. The van der Waals surface area contributed by atoms with Gasteiger partial charge in [-0.2, -0.15) is 0 Å². The number of nitrogens with two attached hydrogens (primary N) is 1. The Hall–Kier alpha value is -4.28. The highest BCUT2D eigenvalue weighted by Gasteiger charge is 2.22. The first-order valence-electron chi connectivity index (χ1n) is 14.3. The lowest BCUT2D eigenvalue weighted by Gasteiger charge is -2.22. The second-order valence-corrected chi connectivity index (χ2v) is 11.4. The number of methoxy groups -OCH3 is 1. The highest BCUT2D eigenvalue weighted by Crippen LogP contribution is 2.29. The number of carbonyl (C=O) groups excluding carboxylic acids is 2. The minimum atomic E-state index is -1.23. The molecule has 2 amide bonds. The van der Waals surface area contributed by atoms with Crippen molar-refractivity contribution in [3.63, 3.8) is 0 Å². The summed E-state index contributed by atoms with van der Waals surface area (Å²) in [6.07, 6.45) is 5.77. The van der Waals surface area contributed by atoms with Crippen LogP contribution in [0.5, 0.6) is 5.75 Å². The van der Waals surface area contributed by atoms with E-state index in [0.29, 0.717) is 40.7 Å². The second-order valence-electron chi connectivity index (χ2n) is 10.5. The molecule has 10 nitrogen and oxygen atoms in total. The SMILES string of the molecule is COc1cccc(C(=O)NCC2CCCCC2)c1NC(N)=N[C@@H](Cc1ccc(NC(=O)c2c(Cl)cccc2Cl)cc1)C(=O)O. The molecule has 6 N–H and O–H groups in total. The molecule has 1 atom stereocenters. The van der Waals surface area contributed by atoms with E-state index in [9.17, 15) is 19.5 Å². The summed E-state index contributed by atoms with van der Waals surface area (Å²) in [5, 5.41) is 18.9. The van der Waals surface area contributed by atoms with E-state index in [0.717, 1.165) is 12.8 Å². The summed E-state index contributed by atoms with van der Waals surface area (Å²) in [4.78, 5) is 42.1. The summed E-state index contributed by atoms with van der Waals surface area (Å²) in [7, 11) is 1.47. The number of rotatable bonds is 11. The number of anilines is 2. The van der Waals surface area contributed by atoms with Crippen LogP contribution >= 0.6 is 23.2 Å². The molecule has 0 aliphatic heterocycles. The monoisotopic (exact) mass is 639 g/mol. The van der Waals surface area contributed by atoms with E-state index in [2.05, 4.69) is 20.9 Å². The van der Waals surface area contributed by atoms with Gasteiger partial charge < -0.3 is 31.5 Å². The van der Waals surface area contributed by atoms with Gasteiger partial charge >= 0.3 is 5.97 Å². The number of nitrogens with zero attached hydrogens (tertiary/aromatic N) is 1. The van der Waals surface area contributed by atoms with Gasteiger partial charge in [-0.3, -0.25) is 9.59 Å². The first-order chi connectivity index (χ1) is 21.2. The van der Waals surface area contributed by atoms with Crippen molar-refractivity contribution in [1.82, 2.24) is 5.32 Å². The highest BCUT2D eigenvalue weighted by atomic mass is 35.5. The molecule has 1 aliphatic rings. The molecule has 0 spiro atoms. The van der Waals surface area contributed by atoms with Crippen LogP contribution < -0.4 is 26.4 Å². The molecule has 0 radical (unpaired) electrons. The van der Waals surface area contributed by atoms with Gasteiger partial charge in [0.2, 0.25) is 0 Å². The van der Waals surface area contributed by atoms with Gasteiger partial charge in [-0.25, -0.2) is 9.79 Å². The Kier molecular flexibility index (Phi) is 11.5. The van der Waals surface area contributed by atoms with E-state index < -0.39 is 17.9 Å². The van der Waals surface area contributed by atoms with E-state index in [1.165, 1.54) is 26.4 Å². The Morgan fingerprint density at radius 2 is 1.61 bits per heavy atom. The average molecular weight is 641 g/mol. The summed E-state index contributed by atoms with van der Waals surface area (Å²) in [5.41, 5.74) is 8.02. The first kappa shape index (κ1) is 32.6. The molecule has 1 saturated carbocycles. The van der Waals surface area contributed by atoms with Crippen molar-refractivity contribution < 1.29 is 24.2 Å². The molecule has 232 valence electrons. The van der Waals surface area contributed by atoms with E-state index >= 15 is 0 Å². The van der Waals surface area contributed by atoms with Crippen molar-refractivity contribution in [2.75, 3.05) is 24.3 Å². The average Bonchev–Trinajstić information content (AvgIpc) is 3.01. The Morgan fingerprint density at radius 1 is 0.955 bits per heavy atom. The molecule has 0 unspecified atom stereocenters. The van der Waals surface area contributed by atoms with Gasteiger partial charge in [-0.05, 0) is 60.7 Å². The highest BCUT2D eigenvalue weighted by molar-refractivity contribution is 6.40. The number of carboxylic acid groups (broad SMARTS) is 1. The van der Waals surface area contributed by atoms with Crippen molar-refractivity contribution in [3.8, 4) is 5.75 Å². The maximum absolute atomic E-state index is 13.1. The van der Waals surface area contributed by atoms with Crippen LogP contribution in [0.25, 0.3) is 0 Å².